The second-order valence-electron chi connectivity index (χ2n) is 6.72. The van der Waals surface area contributed by atoms with Gasteiger partial charge in [0.05, 0.1) is 5.56 Å². The van der Waals surface area contributed by atoms with E-state index in [1.165, 1.54) is 29.5 Å². The number of rotatable bonds is 4. The van der Waals surface area contributed by atoms with Crippen LogP contribution in [0.25, 0.3) is 0 Å². The number of halogens is 2. The van der Waals surface area contributed by atoms with E-state index in [0.29, 0.717) is 23.0 Å². The molecule has 2 aromatic carbocycles. The lowest BCUT2D eigenvalue weighted by Crippen LogP contribution is -2.24. The first kappa shape index (κ1) is 19.5. The van der Waals surface area contributed by atoms with Crippen LogP contribution in [0.4, 0.5) is 15.2 Å². The third kappa shape index (κ3) is 3.99. The van der Waals surface area contributed by atoms with Gasteiger partial charge >= 0.3 is 0 Å². The van der Waals surface area contributed by atoms with Gasteiger partial charge in [0.15, 0.2) is 0 Å². The topological polar surface area (TPSA) is 75.2 Å². The van der Waals surface area contributed by atoms with E-state index in [0.717, 1.165) is 11.3 Å². The van der Waals surface area contributed by atoms with Crippen LogP contribution in [-0.4, -0.2) is 28.6 Å². The Morgan fingerprint density at radius 1 is 1.28 bits per heavy atom. The average molecular weight is 431 g/mol. The van der Waals surface area contributed by atoms with Crippen molar-refractivity contribution in [2.24, 2.45) is 0 Å². The Hall–Kier alpha value is -2.84. The number of carbonyl (C=O) groups excluding carboxylic acids is 2. The fourth-order valence-electron chi connectivity index (χ4n) is 3.13. The molecule has 2 heterocycles. The maximum Gasteiger partial charge on any atom is 0.260 e. The zero-order valence-corrected chi connectivity index (χ0v) is 16.9. The summed E-state index contributed by atoms with van der Waals surface area (Å²) in [7, 11) is 0. The van der Waals surface area contributed by atoms with Crippen molar-refractivity contribution in [1.29, 1.82) is 0 Å². The van der Waals surface area contributed by atoms with Gasteiger partial charge in [0.1, 0.15) is 10.8 Å². The van der Waals surface area contributed by atoms with E-state index in [-0.39, 0.29) is 22.5 Å². The molecule has 0 saturated carbocycles. The minimum Gasteiger partial charge on any atom is -0.312 e. The van der Waals surface area contributed by atoms with Gasteiger partial charge in [0.25, 0.3) is 5.91 Å². The molecule has 2 amide bonds. The predicted octanol–water partition coefficient (Wildman–Crippen LogP) is 4.41. The van der Waals surface area contributed by atoms with E-state index in [9.17, 15) is 14.0 Å². The first-order chi connectivity index (χ1) is 13.9. The van der Waals surface area contributed by atoms with Gasteiger partial charge in [-0.1, -0.05) is 41.1 Å². The highest BCUT2D eigenvalue weighted by Crippen LogP contribution is 2.35. The Morgan fingerprint density at radius 3 is 2.83 bits per heavy atom. The Morgan fingerprint density at radius 2 is 2.07 bits per heavy atom. The first-order valence-corrected chi connectivity index (χ1v) is 10.1. The molecule has 6 nitrogen and oxygen atoms in total. The highest BCUT2D eigenvalue weighted by Gasteiger charge is 2.34. The number of aryl methyl sites for hydroxylation is 1. The summed E-state index contributed by atoms with van der Waals surface area (Å²) in [4.78, 5) is 26.4. The zero-order chi connectivity index (χ0) is 20.5. The van der Waals surface area contributed by atoms with Crippen molar-refractivity contribution in [2.45, 2.75) is 19.3 Å². The van der Waals surface area contributed by atoms with Crippen LogP contribution in [0.15, 0.2) is 42.5 Å². The molecule has 1 aliphatic heterocycles. The zero-order valence-electron chi connectivity index (χ0n) is 15.4. The van der Waals surface area contributed by atoms with E-state index in [1.807, 2.05) is 19.1 Å². The highest BCUT2D eigenvalue weighted by molar-refractivity contribution is 7.15. The Balaban J connectivity index is 1.47. The summed E-state index contributed by atoms with van der Waals surface area (Å²) in [6.45, 7) is 2.35. The minimum absolute atomic E-state index is 0.0259. The molecule has 1 unspecified atom stereocenters. The van der Waals surface area contributed by atoms with Crippen LogP contribution in [0.5, 0.6) is 0 Å². The summed E-state index contributed by atoms with van der Waals surface area (Å²) >= 11 is 7.36. The van der Waals surface area contributed by atoms with Gasteiger partial charge in [-0.15, -0.1) is 10.2 Å². The van der Waals surface area contributed by atoms with E-state index in [1.54, 1.807) is 17.0 Å². The lowest BCUT2D eigenvalue weighted by molar-refractivity contribution is -0.117. The molecule has 1 N–H and O–H groups in total. The summed E-state index contributed by atoms with van der Waals surface area (Å²) in [6.07, 6.45) is 0.293. The van der Waals surface area contributed by atoms with Crippen molar-refractivity contribution < 1.29 is 14.0 Å². The number of amides is 2. The second kappa shape index (κ2) is 7.88. The monoisotopic (exact) mass is 430 g/mol. The molecule has 0 spiro atoms. The second-order valence-corrected chi connectivity index (χ2v) is 8.13. The van der Waals surface area contributed by atoms with Crippen molar-refractivity contribution in [2.75, 3.05) is 16.8 Å². The number of carbonyl (C=O) groups is 2. The number of aromatic nitrogens is 2. The van der Waals surface area contributed by atoms with E-state index < -0.39 is 11.7 Å². The van der Waals surface area contributed by atoms with E-state index in [2.05, 4.69) is 15.5 Å². The normalized spacial score (nSPS) is 16.3. The number of anilines is 2. The lowest BCUT2D eigenvalue weighted by Gasteiger charge is -2.17. The van der Waals surface area contributed by atoms with Crippen LogP contribution in [-0.2, 0) is 4.79 Å². The first-order valence-electron chi connectivity index (χ1n) is 8.88. The van der Waals surface area contributed by atoms with Crippen LogP contribution in [0.1, 0.15) is 33.3 Å². The molecular formula is C20H16ClFN4O2S. The Labute approximate surface area is 175 Å². The average Bonchev–Trinajstić information content (AvgIpc) is 3.31. The molecule has 29 heavy (non-hydrogen) atoms. The number of hydrogen-bond acceptors (Lipinski definition) is 5. The van der Waals surface area contributed by atoms with Crippen molar-refractivity contribution in [3.8, 4) is 0 Å². The smallest absolute Gasteiger partial charge is 0.260 e. The van der Waals surface area contributed by atoms with Gasteiger partial charge in [-0.2, -0.15) is 0 Å². The Kier molecular flexibility index (Phi) is 5.29. The van der Waals surface area contributed by atoms with Gasteiger partial charge in [-0.25, -0.2) is 4.39 Å². The molecule has 0 bridgehead atoms. The number of nitrogens with one attached hydrogen (secondary N) is 1. The fourth-order valence-corrected chi connectivity index (χ4v) is 4.14. The molecule has 0 aliphatic carbocycles. The fraction of sp³-hybridized carbons (Fsp3) is 0.200. The van der Waals surface area contributed by atoms with Crippen molar-refractivity contribution in [3.63, 3.8) is 0 Å². The van der Waals surface area contributed by atoms with Crippen LogP contribution >= 0.6 is 22.9 Å². The van der Waals surface area contributed by atoms with Gasteiger partial charge in [-0.3, -0.25) is 14.9 Å². The third-order valence-electron chi connectivity index (χ3n) is 4.72. The molecule has 1 fully saturated rings. The minimum atomic E-state index is -0.608. The molecule has 1 saturated heterocycles. The van der Waals surface area contributed by atoms with Gasteiger partial charge in [0.2, 0.25) is 11.0 Å². The molecule has 4 rings (SSSR count). The highest BCUT2D eigenvalue weighted by atomic mass is 35.5. The SMILES string of the molecule is Cc1ccc(N2CC(c3nnc(NC(=O)c4ccccc4F)s3)CC2=O)cc1Cl. The summed E-state index contributed by atoms with van der Waals surface area (Å²) < 4.78 is 13.7. The standard InChI is InChI=1S/C20H16ClFN4O2S/c1-11-6-7-13(9-15(11)21)26-10-12(8-17(26)27)19-24-25-20(29-19)23-18(28)14-4-2-3-5-16(14)22/h2-7,9,12H,8,10H2,1H3,(H,23,25,28). The molecule has 1 atom stereocenters. The van der Waals surface area contributed by atoms with Crippen molar-refractivity contribution in [3.05, 3.63) is 69.4 Å². The molecule has 3 aromatic rings. The van der Waals surface area contributed by atoms with Gasteiger partial charge in [-0.05, 0) is 36.8 Å². The molecule has 1 aliphatic rings. The lowest BCUT2D eigenvalue weighted by atomic mass is 10.1. The quantitative estimate of drug-likeness (QED) is 0.665. The van der Waals surface area contributed by atoms with E-state index in [4.69, 9.17) is 11.6 Å². The molecule has 148 valence electrons. The van der Waals surface area contributed by atoms with Crippen molar-refractivity contribution >= 4 is 45.6 Å². The van der Waals surface area contributed by atoms with Crippen molar-refractivity contribution in [1.82, 2.24) is 10.2 Å². The number of hydrogen-bond donors (Lipinski definition) is 1. The van der Waals surface area contributed by atoms with Crippen LogP contribution in [0.3, 0.4) is 0 Å². The van der Waals surface area contributed by atoms with Gasteiger partial charge in [0, 0.05) is 29.6 Å². The molecular weight excluding hydrogens is 415 g/mol. The summed E-state index contributed by atoms with van der Waals surface area (Å²) in [6, 6.07) is 11.2. The maximum absolute atomic E-state index is 13.7. The molecule has 9 heteroatoms. The third-order valence-corrected chi connectivity index (χ3v) is 6.13. The van der Waals surface area contributed by atoms with Crippen LogP contribution in [0, 0.1) is 12.7 Å². The summed E-state index contributed by atoms with van der Waals surface area (Å²) in [5.74, 6) is -1.37. The van der Waals surface area contributed by atoms with Crippen LogP contribution < -0.4 is 10.2 Å². The predicted molar refractivity (Wildman–Crippen MR) is 110 cm³/mol. The molecule has 0 radical (unpaired) electrons. The summed E-state index contributed by atoms with van der Waals surface area (Å²) in [5.41, 5.74) is 1.62. The van der Waals surface area contributed by atoms with Gasteiger partial charge < -0.3 is 4.90 Å². The Bertz CT molecular complexity index is 1100. The largest absolute Gasteiger partial charge is 0.312 e. The maximum atomic E-state index is 13.7. The number of benzene rings is 2. The van der Waals surface area contributed by atoms with E-state index >= 15 is 0 Å². The molecule has 1 aromatic heterocycles. The summed E-state index contributed by atoms with van der Waals surface area (Å²) in [5, 5.41) is 12.2. The number of nitrogens with zero attached hydrogens (tertiary/aromatic N) is 3. The van der Waals surface area contributed by atoms with Crippen LogP contribution in [0.2, 0.25) is 5.02 Å².